The fourth-order valence-corrected chi connectivity index (χ4v) is 1.62. The van der Waals surface area contributed by atoms with Gasteiger partial charge < -0.3 is 4.74 Å². The molecule has 0 aromatic heterocycles. The summed E-state index contributed by atoms with van der Waals surface area (Å²) in [4.78, 5) is 11.3. The molecule has 0 aliphatic heterocycles. The Balaban J connectivity index is 2.99. The Kier molecular flexibility index (Phi) is 4.07. The first-order valence-electron chi connectivity index (χ1n) is 5.25. The summed E-state index contributed by atoms with van der Waals surface area (Å²) in [5, 5.41) is 9.00. The number of carbonyl (C=O) groups is 1. The van der Waals surface area contributed by atoms with Gasteiger partial charge in [-0.3, -0.25) is 4.79 Å². The second-order valence-electron chi connectivity index (χ2n) is 3.64. The lowest BCUT2D eigenvalue weighted by Crippen LogP contribution is -2.09. The summed E-state index contributed by atoms with van der Waals surface area (Å²) in [6, 6.07) is 5.90. The van der Waals surface area contributed by atoms with Gasteiger partial charge in [0.25, 0.3) is 0 Å². The van der Waals surface area contributed by atoms with Crippen molar-refractivity contribution in [2.45, 2.75) is 27.2 Å². The van der Waals surface area contributed by atoms with Crippen LogP contribution < -0.4 is 0 Å². The van der Waals surface area contributed by atoms with Gasteiger partial charge in [-0.1, -0.05) is 12.1 Å². The van der Waals surface area contributed by atoms with Gasteiger partial charge in [-0.15, -0.1) is 0 Å². The zero-order valence-electron chi connectivity index (χ0n) is 9.83. The quantitative estimate of drug-likeness (QED) is 0.730. The van der Waals surface area contributed by atoms with Crippen molar-refractivity contribution in [2.75, 3.05) is 6.61 Å². The smallest absolute Gasteiger partial charge is 0.310 e. The van der Waals surface area contributed by atoms with Crippen LogP contribution in [-0.4, -0.2) is 12.6 Å². The molecule has 0 heterocycles. The molecule has 84 valence electrons. The highest BCUT2D eigenvalue weighted by molar-refractivity contribution is 5.73. The van der Waals surface area contributed by atoms with Crippen LogP contribution in [0.2, 0.25) is 0 Å². The topological polar surface area (TPSA) is 50.1 Å². The van der Waals surface area contributed by atoms with Crippen molar-refractivity contribution < 1.29 is 9.53 Å². The molecule has 3 heteroatoms. The van der Waals surface area contributed by atoms with Crippen molar-refractivity contribution in [2.24, 2.45) is 0 Å². The lowest BCUT2D eigenvalue weighted by Gasteiger charge is -2.08. The van der Waals surface area contributed by atoms with Crippen molar-refractivity contribution >= 4 is 5.97 Å². The first-order valence-corrected chi connectivity index (χ1v) is 5.25. The minimum atomic E-state index is -0.252. The molecule has 0 N–H and O–H groups in total. The van der Waals surface area contributed by atoms with Crippen LogP contribution in [0.4, 0.5) is 0 Å². The highest BCUT2D eigenvalue weighted by Crippen LogP contribution is 2.18. The molecule has 0 aliphatic rings. The molecule has 0 saturated carbocycles. The first kappa shape index (κ1) is 12.3. The van der Waals surface area contributed by atoms with Crippen molar-refractivity contribution in [3.05, 3.63) is 34.4 Å². The predicted molar refractivity (Wildman–Crippen MR) is 61.0 cm³/mol. The Hall–Kier alpha value is -1.82. The number of hydrogen-bond donors (Lipinski definition) is 0. The summed E-state index contributed by atoms with van der Waals surface area (Å²) in [5.74, 6) is -0.252. The summed E-state index contributed by atoms with van der Waals surface area (Å²) in [7, 11) is 0. The van der Waals surface area contributed by atoms with Gasteiger partial charge in [0.1, 0.15) is 0 Å². The molecule has 0 aliphatic carbocycles. The fraction of sp³-hybridized carbons (Fsp3) is 0.385. The molecule has 0 saturated heterocycles. The van der Waals surface area contributed by atoms with Crippen LogP contribution in [-0.2, 0) is 16.0 Å². The predicted octanol–water partition coefficient (Wildman–Crippen LogP) is 2.28. The molecule has 0 radical (unpaired) electrons. The summed E-state index contributed by atoms with van der Waals surface area (Å²) in [6.45, 7) is 5.91. The number of benzene rings is 1. The zero-order valence-corrected chi connectivity index (χ0v) is 9.83. The number of ether oxygens (including phenoxy) is 1. The number of nitriles is 1. The molecule has 3 nitrogen and oxygen atoms in total. The molecule has 0 fully saturated rings. The largest absolute Gasteiger partial charge is 0.466 e. The minimum absolute atomic E-state index is 0.231. The number of esters is 1. The van der Waals surface area contributed by atoms with E-state index in [0.29, 0.717) is 12.2 Å². The second kappa shape index (κ2) is 5.32. The van der Waals surface area contributed by atoms with Crippen LogP contribution in [0.3, 0.4) is 0 Å². The van der Waals surface area contributed by atoms with E-state index in [2.05, 4.69) is 6.07 Å². The van der Waals surface area contributed by atoms with Crippen LogP contribution in [0, 0.1) is 25.2 Å². The molecular formula is C13H15NO2. The van der Waals surface area contributed by atoms with Gasteiger partial charge in [-0.2, -0.15) is 5.26 Å². The van der Waals surface area contributed by atoms with E-state index in [1.807, 2.05) is 26.0 Å². The van der Waals surface area contributed by atoms with Gasteiger partial charge in [-0.25, -0.2) is 0 Å². The molecular weight excluding hydrogens is 202 g/mol. The third-order valence-corrected chi connectivity index (χ3v) is 2.54. The number of hydrogen-bond acceptors (Lipinski definition) is 3. The lowest BCUT2D eigenvalue weighted by atomic mass is 9.97. The van der Waals surface area contributed by atoms with E-state index in [1.54, 1.807) is 6.92 Å². The van der Waals surface area contributed by atoms with Crippen LogP contribution in [0.25, 0.3) is 0 Å². The maximum atomic E-state index is 11.3. The second-order valence-corrected chi connectivity index (χ2v) is 3.64. The third kappa shape index (κ3) is 2.60. The van der Waals surface area contributed by atoms with Crippen LogP contribution in [0.5, 0.6) is 0 Å². The van der Waals surface area contributed by atoms with Gasteiger partial charge in [-0.05, 0) is 37.5 Å². The van der Waals surface area contributed by atoms with E-state index < -0.39 is 0 Å². The van der Waals surface area contributed by atoms with Crippen molar-refractivity contribution in [1.82, 2.24) is 0 Å². The Bertz CT molecular complexity index is 444. The normalized spacial score (nSPS) is 9.62. The Morgan fingerprint density at radius 2 is 2.12 bits per heavy atom. The lowest BCUT2D eigenvalue weighted by molar-refractivity contribution is -0.142. The summed E-state index contributed by atoms with van der Waals surface area (Å²) < 4.78 is 4.88. The van der Waals surface area contributed by atoms with Gasteiger partial charge >= 0.3 is 5.97 Å². The van der Waals surface area contributed by atoms with E-state index in [1.165, 1.54) is 0 Å². The minimum Gasteiger partial charge on any atom is -0.466 e. The molecule has 1 aromatic rings. The first-order chi connectivity index (χ1) is 7.60. The van der Waals surface area contributed by atoms with Crippen LogP contribution in [0.15, 0.2) is 12.1 Å². The summed E-state index contributed by atoms with van der Waals surface area (Å²) >= 11 is 0. The van der Waals surface area contributed by atoms with E-state index in [4.69, 9.17) is 10.00 Å². The van der Waals surface area contributed by atoms with Crippen LogP contribution in [0.1, 0.15) is 29.2 Å². The molecule has 1 rings (SSSR count). The standard InChI is InChI=1S/C13H15NO2/c1-4-16-13(15)7-11-6-5-9(2)12(8-14)10(11)3/h5-6H,4,7H2,1-3H3. The zero-order chi connectivity index (χ0) is 12.1. The monoisotopic (exact) mass is 217 g/mol. The van der Waals surface area contributed by atoms with Gasteiger partial charge in [0.15, 0.2) is 0 Å². The van der Waals surface area contributed by atoms with Crippen molar-refractivity contribution in [1.29, 1.82) is 5.26 Å². The van der Waals surface area contributed by atoms with Gasteiger partial charge in [0.2, 0.25) is 0 Å². The molecule has 0 spiro atoms. The summed E-state index contributed by atoms with van der Waals surface area (Å²) in [6.07, 6.45) is 0.231. The molecule has 16 heavy (non-hydrogen) atoms. The molecule has 1 aromatic carbocycles. The van der Waals surface area contributed by atoms with E-state index in [0.717, 1.165) is 16.7 Å². The average molecular weight is 217 g/mol. The average Bonchev–Trinajstić information content (AvgIpc) is 2.23. The summed E-state index contributed by atoms with van der Waals surface area (Å²) in [5.41, 5.74) is 3.32. The number of nitrogens with zero attached hydrogens (tertiary/aromatic N) is 1. The highest BCUT2D eigenvalue weighted by Gasteiger charge is 2.10. The SMILES string of the molecule is CCOC(=O)Cc1ccc(C)c(C#N)c1C. The molecule has 0 atom stereocenters. The van der Waals surface area contributed by atoms with E-state index >= 15 is 0 Å². The van der Waals surface area contributed by atoms with E-state index in [-0.39, 0.29) is 12.4 Å². The Labute approximate surface area is 95.7 Å². The highest BCUT2D eigenvalue weighted by atomic mass is 16.5. The molecule has 0 bridgehead atoms. The number of carbonyl (C=O) groups excluding carboxylic acids is 1. The maximum Gasteiger partial charge on any atom is 0.310 e. The maximum absolute atomic E-state index is 11.3. The van der Waals surface area contributed by atoms with Gasteiger partial charge in [0.05, 0.1) is 24.7 Å². The van der Waals surface area contributed by atoms with Crippen LogP contribution >= 0.6 is 0 Å². The van der Waals surface area contributed by atoms with Crippen molar-refractivity contribution in [3.8, 4) is 6.07 Å². The van der Waals surface area contributed by atoms with E-state index in [9.17, 15) is 4.79 Å². The molecule has 0 unspecified atom stereocenters. The Morgan fingerprint density at radius 1 is 1.44 bits per heavy atom. The molecule has 0 amide bonds. The Morgan fingerprint density at radius 3 is 2.69 bits per heavy atom. The number of rotatable bonds is 3. The fourth-order valence-electron chi connectivity index (χ4n) is 1.62. The van der Waals surface area contributed by atoms with Gasteiger partial charge in [0, 0.05) is 0 Å². The number of aryl methyl sites for hydroxylation is 1. The van der Waals surface area contributed by atoms with Crippen molar-refractivity contribution in [3.63, 3.8) is 0 Å². The third-order valence-electron chi connectivity index (χ3n) is 2.54.